The summed E-state index contributed by atoms with van der Waals surface area (Å²) in [6.07, 6.45) is -4.64. The Bertz CT molecular complexity index is 448. The van der Waals surface area contributed by atoms with Crippen molar-refractivity contribution in [3.05, 3.63) is 0 Å². The number of alkyl halides is 3. The van der Waals surface area contributed by atoms with E-state index >= 15 is 0 Å². The van der Waals surface area contributed by atoms with Crippen molar-refractivity contribution in [3.8, 4) is 0 Å². The van der Waals surface area contributed by atoms with Gasteiger partial charge in [0.05, 0.1) is 25.9 Å². The van der Waals surface area contributed by atoms with Gasteiger partial charge in [-0.15, -0.1) is 0 Å². The number of amides is 1. The van der Waals surface area contributed by atoms with Gasteiger partial charge in [0.2, 0.25) is 0 Å². The molecule has 21 heavy (non-hydrogen) atoms. The standard InChI is InChI=1S/C10H16F3NO6S/c1-7(18-5-8-6-19-8)3-2-4-20-21(16,17)14-9(15)10(11,12)13/h7-8H,2-6H2,1H3,(H,14,15). The number of epoxide rings is 1. The molecule has 0 aromatic heterocycles. The first-order valence-corrected chi connectivity index (χ1v) is 7.52. The van der Waals surface area contributed by atoms with E-state index < -0.39 is 22.4 Å². The van der Waals surface area contributed by atoms with Gasteiger partial charge in [-0.1, -0.05) is 0 Å². The summed E-state index contributed by atoms with van der Waals surface area (Å²) in [7, 11) is -4.76. The number of hydrogen-bond donors (Lipinski definition) is 1. The zero-order valence-corrected chi connectivity index (χ0v) is 12.0. The Morgan fingerprint density at radius 3 is 2.62 bits per heavy atom. The number of ether oxygens (including phenoxy) is 2. The van der Waals surface area contributed by atoms with Gasteiger partial charge in [-0.2, -0.15) is 21.6 Å². The Balaban J connectivity index is 2.16. The van der Waals surface area contributed by atoms with Crippen molar-refractivity contribution in [2.24, 2.45) is 0 Å². The van der Waals surface area contributed by atoms with Crippen LogP contribution in [0.25, 0.3) is 0 Å². The first kappa shape index (κ1) is 18.1. The zero-order valence-electron chi connectivity index (χ0n) is 11.2. The lowest BCUT2D eigenvalue weighted by Gasteiger charge is -2.12. The number of carbonyl (C=O) groups is 1. The molecule has 0 spiro atoms. The van der Waals surface area contributed by atoms with Gasteiger partial charge < -0.3 is 9.47 Å². The first-order chi connectivity index (χ1) is 9.60. The van der Waals surface area contributed by atoms with Gasteiger partial charge in [-0.05, 0) is 19.8 Å². The summed E-state index contributed by atoms with van der Waals surface area (Å²) in [5, 5.41) is 0. The third kappa shape index (κ3) is 8.19. The van der Waals surface area contributed by atoms with Gasteiger partial charge in [0.25, 0.3) is 0 Å². The highest BCUT2D eigenvalue weighted by Crippen LogP contribution is 2.15. The maximum Gasteiger partial charge on any atom is 0.472 e. The molecule has 0 aromatic carbocycles. The highest BCUT2D eigenvalue weighted by molar-refractivity contribution is 7.85. The molecule has 0 radical (unpaired) electrons. The second kappa shape index (κ2) is 7.38. The highest BCUT2D eigenvalue weighted by atomic mass is 32.2. The molecular weight excluding hydrogens is 319 g/mol. The van der Waals surface area contributed by atoms with Gasteiger partial charge in [-0.25, -0.2) is 4.72 Å². The van der Waals surface area contributed by atoms with Crippen LogP contribution in [-0.4, -0.2) is 52.5 Å². The monoisotopic (exact) mass is 335 g/mol. The maximum atomic E-state index is 11.9. The van der Waals surface area contributed by atoms with E-state index in [1.807, 2.05) is 0 Å². The van der Waals surface area contributed by atoms with Gasteiger partial charge in [0.15, 0.2) is 0 Å². The molecule has 0 bridgehead atoms. The van der Waals surface area contributed by atoms with Crippen molar-refractivity contribution >= 4 is 16.2 Å². The van der Waals surface area contributed by atoms with Crippen LogP contribution in [0.2, 0.25) is 0 Å². The summed E-state index contributed by atoms with van der Waals surface area (Å²) < 4.78 is 73.0. The predicted molar refractivity (Wildman–Crippen MR) is 63.5 cm³/mol. The van der Waals surface area contributed by atoms with Crippen molar-refractivity contribution in [1.82, 2.24) is 4.72 Å². The average molecular weight is 335 g/mol. The van der Waals surface area contributed by atoms with E-state index in [-0.39, 0.29) is 25.2 Å². The van der Waals surface area contributed by atoms with Gasteiger partial charge in [0.1, 0.15) is 6.10 Å². The summed E-state index contributed by atoms with van der Waals surface area (Å²) in [6, 6.07) is 0. The van der Waals surface area contributed by atoms with Crippen LogP contribution in [0.1, 0.15) is 19.8 Å². The third-order valence-corrected chi connectivity index (χ3v) is 3.35. The number of halogens is 3. The molecule has 7 nitrogen and oxygen atoms in total. The first-order valence-electron chi connectivity index (χ1n) is 6.11. The molecule has 1 aliphatic rings. The van der Waals surface area contributed by atoms with Crippen LogP contribution >= 0.6 is 0 Å². The van der Waals surface area contributed by atoms with Crippen LogP contribution in [-0.2, 0) is 28.8 Å². The molecule has 0 aromatic rings. The van der Waals surface area contributed by atoms with Crippen LogP contribution in [0.4, 0.5) is 13.2 Å². The number of rotatable bonds is 9. The van der Waals surface area contributed by atoms with E-state index in [1.54, 1.807) is 6.92 Å². The van der Waals surface area contributed by atoms with E-state index in [1.165, 1.54) is 0 Å². The largest absolute Gasteiger partial charge is 0.472 e. The molecule has 1 saturated heterocycles. The van der Waals surface area contributed by atoms with Crippen LogP contribution < -0.4 is 4.72 Å². The number of nitrogens with one attached hydrogen (secondary N) is 1. The minimum atomic E-state index is -5.29. The van der Waals surface area contributed by atoms with Crippen molar-refractivity contribution in [2.75, 3.05) is 19.8 Å². The summed E-state index contributed by atoms with van der Waals surface area (Å²) in [5.41, 5.74) is 0. The summed E-state index contributed by atoms with van der Waals surface area (Å²) in [6.45, 7) is 2.52. The molecule has 1 fully saturated rings. The fraction of sp³-hybridized carbons (Fsp3) is 0.900. The fourth-order valence-electron chi connectivity index (χ4n) is 1.26. The molecule has 2 atom stereocenters. The smallest absolute Gasteiger partial charge is 0.376 e. The molecule has 1 heterocycles. The van der Waals surface area contributed by atoms with E-state index in [4.69, 9.17) is 9.47 Å². The highest BCUT2D eigenvalue weighted by Gasteiger charge is 2.41. The van der Waals surface area contributed by atoms with Crippen LogP contribution in [0.3, 0.4) is 0 Å². The molecule has 1 amide bonds. The van der Waals surface area contributed by atoms with Crippen LogP contribution in [0.5, 0.6) is 0 Å². The fourth-order valence-corrected chi connectivity index (χ4v) is 2.00. The Morgan fingerprint density at radius 2 is 2.10 bits per heavy atom. The minimum absolute atomic E-state index is 0.113. The zero-order chi connectivity index (χ0) is 16.1. The molecule has 1 aliphatic heterocycles. The Labute approximate surface area is 120 Å². The normalized spacial score (nSPS) is 20.1. The van der Waals surface area contributed by atoms with Crippen molar-refractivity contribution < 1.29 is 40.0 Å². The van der Waals surface area contributed by atoms with Gasteiger partial charge in [-0.3, -0.25) is 8.98 Å². The third-order valence-electron chi connectivity index (χ3n) is 2.44. The van der Waals surface area contributed by atoms with E-state index in [0.29, 0.717) is 19.6 Å². The molecule has 0 aliphatic carbocycles. The summed E-state index contributed by atoms with van der Waals surface area (Å²) >= 11 is 0. The number of hydrogen-bond acceptors (Lipinski definition) is 6. The molecule has 124 valence electrons. The average Bonchev–Trinajstić information content (AvgIpc) is 3.14. The van der Waals surface area contributed by atoms with E-state index in [9.17, 15) is 26.4 Å². The van der Waals surface area contributed by atoms with Crippen molar-refractivity contribution in [2.45, 2.75) is 38.1 Å². The summed E-state index contributed by atoms with van der Waals surface area (Å²) in [4.78, 5) is 10.4. The van der Waals surface area contributed by atoms with Gasteiger partial charge >= 0.3 is 22.4 Å². The van der Waals surface area contributed by atoms with Crippen molar-refractivity contribution in [1.29, 1.82) is 0 Å². The molecular formula is C10H16F3NO6S. The lowest BCUT2D eigenvalue weighted by Crippen LogP contribution is -2.41. The topological polar surface area (TPSA) is 94.2 Å². The number of carbonyl (C=O) groups excluding carboxylic acids is 1. The van der Waals surface area contributed by atoms with Crippen LogP contribution in [0.15, 0.2) is 0 Å². The summed E-state index contributed by atoms with van der Waals surface area (Å²) in [5.74, 6) is -2.59. The lowest BCUT2D eigenvalue weighted by atomic mass is 10.2. The minimum Gasteiger partial charge on any atom is -0.376 e. The second-order valence-corrected chi connectivity index (χ2v) is 5.79. The van der Waals surface area contributed by atoms with Gasteiger partial charge in [0, 0.05) is 0 Å². The maximum absolute atomic E-state index is 11.9. The molecule has 2 unspecified atom stereocenters. The van der Waals surface area contributed by atoms with E-state index in [2.05, 4.69) is 4.18 Å². The molecule has 1 N–H and O–H groups in total. The van der Waals surface area contributed by atoms with Crippen molar-refractivity contribution in [3.63, 3.8) is 0 Å². The second-order valence-electron chi connectivity index (χ2n) is 4.45. The Morgan fingerprint density at radius 1 is 1.48 bits per heavy atom. The molecule has 11 heteroatoms. The SMILES string of the molecule is CC(CCCOS(=O)(=O)NC(=O)C(F)(F)F)OCC1CO1. The van der Waals surface area contributed by atoms with E-state index in [0.717, 1.165) is 4.72 Å². The predicted octanol–water partition coefficient (Wildman–Crippen LogP) is 0.510. The lowest BCUT2D eigenvalue weighted by molar-refractivity contribution is -0.171. The molecule has 0 saturated carbocycles. The molecule has 1 rings (SSSR count). The quantitative estimate of drug-likeness (QED) is 0.487. The Hall–Kier alpha value is -0.910. The van der Waals surface area contributed by atoms with Crippen LogP contribution in [0, 0.1) is 0 Å². The Kier molecular flexibility index (Phi) is 6.38.